The number of aromatic nitrogens is 2. The third-order valence-electron chi connectivity index (χ3n) is 6.44. The number of benzene rings is 2. The lowest BCUT2D eigenvalue weighted by atomic mass is 10.0. The highest BCUT2D eigenvalue weighted by molar-refractivity contribution is 7.80. The van der Waals surface area contributed by atoms with Gasteiger partial charge in [-0.15, -0.1) is 0 Å². The lowest BCUT2D eigenvalue weighted by molar-refractivity contribution is -0.138. The normalized spacial score (nSPS) is 12.0. The fourth-order valence-electron chi connectivity index (χ4n) is 4.60. The molecule has 11 heteroatoms. The fraction of sp³-hybridized carbons (Fsp3) is 0.400. The summed E-state index contributed by atoms with van der Waals surface area (Å²) in [5.74, 6) is 0.00136. The van der Waals surface area contributed by atoms with Crippen molar-refractivity contribution in [3.05, 3.63) is 89.0 Å². The number of nitrogens with zero attached hydrogens (tertiary/aromatic N) is 4. The monoisotopic (exact) mass is 584 g/mol. The van der Waals surface area contributed by atoms with Crippen molar-refractivity contribution in [2.75, 3.05) is 13.1 Å². The van der Waals surface area contributed by atoms with E-state index in [-0.39, 0.29) is 42.9 Å². The number of nitrogens with one attached hydrogen (secondary N) is 2. The van der Waals surface area contributed by atoms with Gasteiger partial charge in [-0.25, -0.2) is 4.98 Å². The molecule has 0 aliphatic carbocycles. The van der Waals surface area contributed by atoms with Crippen LogP contribution in [0.5, 0.6) is 0 Å². The van der Waals surface area contributed by atoms with Gasteiger partial charge in [0.1, 0.15) is 0 Å². The van der Waals surface area contributed by atoms with Crippen molar-refractivity contribution in [3.63, 3.8) is 0 Å². The van der Waals surface area contributed by atoms with E-state index in [1.54, 1.807) is 35.6 Å². The summed E-state index contributed by atoms with van der Waals surface area (Å²) in [5, 5.41) is 15.5. The molecule has 0 saturated carbocycles. The van der Waals surface area contributed by atoms with Gasteiger partial charge in [-0.2, -0.15) is 18.4 Å². The molecule has 218 valence electrons. The maximum atomic E-state index is 13.7. The van der Waals surface area contributed by atoms with Gasteiger partial charge in [0.05, 0.1) is 29.9 Å². The number of thiocarbonyl (C=S) groups is 1. The Hall–Kier alpha value is -3.91. The Morgan fingerprint density at radius 2 is 1.88 bits per heavy atom. The zero-order chi connectivity index (χ0) is 30.0. The first kappa shape index (κ1) is 31.6. The van der Waals surface area contributed by atoms with Gasteiger partial charge in [0.15, 0.2) is 5.11 Å². The molecular formula is C30H35F3N6OS. The zero-order valence-corrected chi connectivity index (χ0v) is 24.2. The lowest BCUT2D eigenvalue weighted by Crippen LogP contribution is -2.49. The number of imidazole rings is 1. The number of nitriles is 1. The van der Waals surface area contributed by atoms with E-state index in [2.05, 4.69) is 21.7 Å². The van der Waals surface area contributed by atoms with Crippen LogP contribution in [0, 0.1) is 17.2 Å². The van der Waals surface area contributed by atoms with Crippen LogP contribution in [0.15, 0.2) is 61.1 Å². The minimum absolute atomic E-state index is 0.0522. The predicted octanol–water partition coefficient (Wildman–Crippen LogP) is 5.29. The van der Waals surface area contributed by atoms with Crippen molar-refractivity contribution in [2.45, 2.75) is 58.9 Å². The number of halogens is 3. The highest BCUT2D eigenvalue weighted by atomic mass is 32.1. The zero-order valence-electron chi connectivity index (χ0n) is 23.4. The number of rotatable bonds is 12. The molecule has 2 aromatic carbocycles. The molecule has 0 aliphatic heterocycles. The van der Waals surface area contributed by atoms with Crippen LogP contribution < -0.4 is 10.6 Å². The molecule has 0 spiro atoms. The van der Waals surface area contributed by atoms with Gasteiger partial charge in [-0.05, 0) is 60.8 Å². The largest absolute Gasteiger partial charge is 0.416 e. The average molecular weight is 585 g/mol. The smallest absolute Gasteiger partial charge is 0.363 e. The standard InChI is InChI=1S/C30H35F3N6OS/c1-4-36-29(41)38(18-24-7-5-6-8-27(24)30(31,32)33)19-25(13-21(2)3)37-28(40)14-26-16-35-20-39(26)17-23-11-9-22(15-34)10-12-23/h5-12,16,20-21,25H,4,13-14,17-19H2,1-3H3,(H,36,41)(H,37,40)/t25-/m0/s1. The molecule has 3 rings (SSSR count). The second-order valence-corrected chi connectivity index (χ2v) is 10.6. The van der Waals surface area contributed by atoms with Crippen molar-refractivity contribution in [1.82, 2.24) is 25.1 Å². The second kappa shape index (κ2) is 14.6. The Balaban J connectivity index is 1.75. The molecule has 7 nitrogen and oxygen atoms in total. The molecule has 2 N–H and O–H groups in total. The summed E-state index contributed by atoms with van der Waals surface area (Å²) in [5.41, 5.74) is 1.66. The second-order valence-electron chi connectivity index (χ2n) is 10.3. The van der Waals surface area contributed by atoms with Crippen LogP contribution in [-0.2, 0) is 30.5 Å². The van der Waals surface area contributed by atoms with E-state index in [1.165, 1.54) is 12.1 Å². The summed E-state index contributed by atoms with van der Waals surface area (Å²) >= 11 is 5.54. The third-order valence-corrected chi connectivity index (χ3v) is 6.84. The van der Waals surface area contributed by atoms with Crippen molar-refractivity contribution in [3.8, 4) is 6.07 Å². The van der Waals surface area contributed by atoms with E-state index in [9.17, 15) is 18.0 Å². The van der Waals surface area contributed by atoms with Gasteiger partial charge in [0.2, 0.25) is 5.91 Å². The SMILES string of the molecule is CCNC(=S)N(Cc1ccccc1C(F)(F)F)C[C@H](CC(C)C)NC(=O)Cc1cncn1Cc1ccc(C#N)cc1. The Morgan fingerprint density at radius 3 is 2.51 bits per heavy atom. The molecule has 1 amide bonds. The lowest BCUT2D eigenvalue weighted by Gasteiger charge is -2.32. The Kier molecular flexibility index (Phi) is 11.3. The van der Waals surface area contributed by atoms with Crippen molar-refractivity contribution in [2.24, 2.45) is 5.92 Å². The minimum atomic E-state index is -4.49. The molecule has 0 unspecified atom stereocenters. The van der Waals surface area contributed by atoms with E-state index >= 15 is 0 Å². The summed E-state index contributed by atoms with van der Waals surface area (Å²) in [7, 11) is 0. The van der Waals surface area contributed by atoms with Gasteiger partial charge in [-0.3, -0.25) is 4.79 Å². The van der Waals surface area contributed by atoms with Crippen LogP contribution in [0.3, 0.4) is 0 Å². The molecular weight excluding hydrogens is 549 g/mol. The number of alkyl halides is 3. The highest BCUT2D eigenvalue weighted by Crippen LogP contribution is 2.32. The Labute approximate surface area is 244 Å². The first-order chi connectivity index (χ1) is 19.5. The van der Waals surface area contributed by atoms with Crippen LogP contribution in [0.2, 0.25) is 0 Å². The van der Waals surface area contributed by atoms with Gasteiger partial charge in [0.25, 0.3) is 0 Å². The number of hydrogen-bond donors (Lipinski definition) is 2. The number of amides is 1. The van der Waals surface area contributed by atoms with E-state index in [0.717, 1.165) is 11.6 Å². The molecule has 41 heavy (non-hydrogen) atoms. The number of carbonyl (C=O) groups is 1. The van der Waals surface area contributed by atoms with Gasteiger partial charge >= 0.3 is 6.18 Å². The van der Waals surface area contributed by atoms with Gasteiger partial charge in [-0.1, -0.05) is 44.2 Å². The molecule has 3 aromatic rings. The van der Waals surface area contributed by atoms with Crippen molar-refractivity contribution in [1.29, 1.82) is 5.26 Å². The van der Waals surface area contributed by atoms with Crippen LogP contribution in [0.1, 0.15) is 55.1 Å². The van der Waals surface area contributed by atoms with Crippen molar-refractivity contribution < 1.29 is 18.0 Å². The summed E-state index contributed by atoms with van der Waals surface area (Å²) in [6.07, 6.45) is -0.501. The number of hydrogen-bond acceptors (Lipinski definition) is 4. The molecule has 0 aliphatic rings. The van der Waals surface area contributed by atoms with Crippen molar-refractivity contribution >= 4 is 23.2 Å². The molecule has 1 aromatic heterocycles. The van der Waals surface area contributed by atoms with Crippen LogP contribution in [0.25, 0.3) is 0 Å². The summed E-state index contributed by atoms with van der Waals surface area (Å²) in [4.78, 5) is 19.1. The molecule has 0 saturated heterocycles. The quantitative estimate of drug-likeness (QED) is 0.282. The fourth-order valence-corrected chi connectivity index (χ4v) is 4.88. The van der Waals surface area contributed by atoms with E-state index in [0.29, 0.717) is 35.9 Å². The van der Waals surface area contributed by atoms with Gasteiger partial charge in [0, 0.05) is 44.1 Å². The maximum Gasteiger partial charge on any atom is 0.416 e. The topological polar surface area (TPSA) is 86.0 Å². The Bertz CT molecular complexity index is 1350. The number of carbonyl (C=O) groups excluding carboxylic acids is 1. The first-order valence-corrected chi connectivity index (χ1v) is 13.9. The van der Waals surface area contributed by atoms with E-state index in [4.69, 9.17) is 17.5 Å². The molecule has 0 radical (unpaired) electrons. The third kappa shape index (κ3) is 9.60. The predicted molar refractivity (Wildman–Crippen MR) is 156 cm³/mol. The van der Waals surface area contributed by atoms with Gasteiger partial charge < -0.3 is 20.1 Å². The minimum Gasteiger partial charge on any atom is -0.363 e. The van der Waals surface area contributed by atoms with E-state index < -0.39 is 11.7 Å². The van der Waals surface area contributed by atoms with Crippen LogP contribution in [0.4, 0.5) is 13.2 Å². The molecule has 0 fully saturated rings. The summed E-state index contributed by atoms with van der Waals surface area (Å²) in [6, 6.07) is 14.4. The molecule has 1 atom stereocenters. The maximum absolute atomic E-state index is 13.7. The van der Waals surface area contributed by atoms with Crippen LogP contribution in [-0.4, -0.2) is 44.6 Å². The molecule has 0 bridgehead atoms. The first-order valence-electron chi connectivity index (χ1n) is 13.4. The van der Waals surface area contributed by atoms with Crippen LogP contribution >= 0.6 is 12.2 Å². The summed E-state index contributed by atoms with van der Waals surface area (Å²) < 4.78 is 43.0. The summed E-state index contributed by atoms with van der Waals surface area (Å²) in [6.45, 7) is 7.11. The Morgan fingerprint density at radius 1 is 1.17 bits per heavy atom. The molecule has 1 heterocycles. The average Bonchev–Trinajstić information content (AvgIpc) is 3.34. The highest BCUT2D eigenvalue weighted by Gasteiger charge is 2.33. The van der Waals surface area contributed by atoms with E-state index in [1.807, 2.05) is 37.5 Å².